The second-order valence-electron chi connectivity index (χ2n) is 8.77. The van der Waals surface area contributed by atoms with E-state index in [0.29, 0.717) is 35.4 Å². The summed E-state index contributed by atoms with van der Waals surface area (Å²) in [6.45, 7) is 2.73. The maximum Gasteiger partial charge on any atom is 0.231 e. The van der Waals surface area contributed by atoms with Crippen LogP contribution in [0.1, 0.15) is 12.0 Å². The highest BCUT2D eigenvalue weighted by Crippen LogP contribution is 2.43. The van der Waals surface area contributed by atoms with Crippen molar-refractivity contribution in [2.75, 3.05) is 49.2 Å². The van der Waals surface area contributed by atoms with Gasteiger partial charge in [-0.15, -0.1) is 0 Å². The van der Waals surface area contributed by atoms with Gasteiger partial charge in [0, 0.05) is 55.3 Å². The maximum absolute atomic E-state index is 15.5. The summed E-state index contributed by atoms with van der Waals surface area (Å²) < 4.78 is 30.3. The summed E-state index contributed by atoms with van der Waals surface area (Å²) in [5.41, 5.74) is 8.47. The number of benzene rings is 1. The van der Waals surface area contributed by atoms with E-state index in [4.69, 9.17) is 22.7 Å². The molecule has 178 valence electrons. The summed E-state index contributed by atoms with van der Waals surface area (Å²) in [4.78, 5) is 20.4. The van der Waals surface area contributed by atoms with Gasteiger partial charge in [-0.25, -0.2) is 13.8 Å². The number of nitrogens with one attached hydrogen (secondary N) is 2. The fourth-order valence-corrected chi connectivity index (χ4v) is 4.64. The monoisotopic (exact) mass is 487 g/mol. The molecule has 2 atom stereocenters. The fraction of sp³-hybridized carbons (Fsp3) is 0.348. The highest BCUT2D eigenvalue weighted by atomic mass is 35.5. The first-order valence-electron chi connectivity index (χ1n) is 11.0. The van der Waals surface area contributed by atoms with E-state index in [1.54, 1.807) is 28.9 Å². The third kappa shape index (κ3) is 3.86. The van der Waals surface area contributed by atoms with Crippen molar-refractivity contribution in [3.8, 4) is 11.1 Å². The normalized spacial score (nSPS) is 20.5. The zero-order chi connectivity index (χ0) is 24.1. The molecule has 0 spiro atoms. The summed E-state index contributed by atoms with van der Waals surface area (Å²) in [5.74, 6) is -1.36. The number of hydrogen-bond donors (Lipinski definition) is 3. The first kappa shape index (κ1) is 22.5. The number of nitrogens with two attached hydrogens (primary N) is 1. The Kier molecular flexibility index (Phi) is 5.65. The van der Waals surface area contributed by atoms with Crippen LogP contribution >= 0.6 is 11.6 Å². The Hall–Kier alpha value is -3.24. The van der Waals surface area contributed by atoms with Gasteiger partial charge in [0.1, 0.15) is 11.8 Å². The van der Waals surface area contributed by atoms with Crippen LogP contribution in [-0.2, 0) is 4.79 Å². The summed E-state index contributed by atoms with van der Waals surface area (Å²) in [5, 5.41) is 10.5. The number of halogens is 3. The summed E-state index contributed by atoms with van der Waals surface area (Å²) in [7, 11) is 2.00. The molecule has 34 heavy (non-hydrogen) atoms. The smallest absolute Gasteiger partial charge is 0.231 e. The van der Waals surface area contributed by atoms with Gasteiger partial charge in [-0.05, 0) is 25.6 Å². The van der Waals surface area contributed by atoms with Gasteiger partial charge < -0.3 is 30.7 Å². The van der Waals surface area contributed by atoms with Crippen LogP contribution in [0, 0.1) is 17.1 Å². The van der Waals surface area contributed by atoms with E-state index in [1.807, 2.05) is 11.9 Å². The first-order valence-corrected chi connectivity index (χ1v) is 11.3. The molecule has 0 unspecified atom stereocenters. The lowest BCUT2D eigenvalue weighted by atomic mass is 9.97. The van der Waals surface area contributed by atoms with Crippen LogP contribution in [0.4, 0.5) is 26.0 Å². The number of likely N-dealkylation sites (N-methyl/N-ethyl adjacent to an activating group) is 1. The highest BCUT2D eigenvalue weighted by Gasteiger charge is 2.43. The number of carbonyl (C=O) groups is 1. The number of carbonyl (C=O) groups excluding carboxylic acids is 1. The lowest BCUT2D eigenvalue weighted by molar-refractivity contribution is -0.117. The van der Waals surface area contributed by atoms with Crippen LogP contribution in [0.3, 0.4) is 0 Å². The molecule has 11 heteroatoms. The van der Waals surface area contributed by atoms with Crippen molar-refractivity contribution in [2.45, 2.75) is 12.6 Å². The minimum atomic E-state index is -1.10. The zero-order valence-corrected chi connectivity index (χ0v) is 19.2. The molecule has 0 radical (unpaired) electrons. The lowest BCUT2D eigenvalue weighted by Gasteiger charge is -2.35. The first-order chi connectivity index (χ1) is 16.3. The number of alkyl halides is 1. The number of hydrogen-bond acceptors (Lipinski definition) is 6. The molecule has 1 aliphatic heterocycles. The van der Waals surface area contributed by atoms with Crippen LogP contribution in [-0.4, -0.2) is 65.8 Å². The van der Waals surface area contributed by atoms with Crippen molar-refractivity contribution < 1.29 is 13.6 Å². The van der Waals surface area contributed by atoms with Crippen LogP contribution in [0.2, 0.25) is 5.02 Å². The standard InChI is InChI=1S/C23H24ClF2N7O/c1-31-4-6-32(7-5-31)22-20(26)19(24)18(14(9-27)21(22)28)12-2-3-17-29-16(11-33(17)10-12)30-23(34)13-8-15(13)25/h2-3,9-11,13,15,27H,4-8,28H2,1H3,(H,30,34)/t13-,15+/m1/s1. The molecule has 3 aromatic rings. The molecule has 1 amide bonds. The Balaban J connectivity index is 1.53. The Morgan fingerprint density at radius 2 is 2.00 bits per heavy atom. The molecule has 2 fully saturated rings. The van der Waals surface area contributed by atoms with Gasteiger partial charge in [0.25, 0.3) is 0 Å². The van der Waals surface area contributed by atoms with E-state index < -0.39 is 23.8 Å². The molecule has 8 nitrogen and oxygen atoms in total. The molecule has 2 aliphatic rings. The number of amides is 1. The predicted octanol–water partition coefficient (Wildman–Crippen LogP) is 3.42. The number of rotatable bonds is 5. The Morgan fingerprint density at radius 3 is 2.65 bits per heavy atom. The third-order valence-electron chi connectivity index (χ3n) is 6.44. The number of imidazole rings is 1. The molecule has 0 bridgehead atoms. The molecular weight excluding hydrogens is 464 g/mol. The molecule has 2 aromatic heterocycles. The van der Waals surface area contributed by atoms with E-state index >= 15 is 4.39 Å². The number of piperazine rings is 1. The van der Waals surface area contributed by atoms with Gasteiger partial charge in [0.05, 0.1) is 28.5 Å². The van der Waals surface area contributed by atoms with Crippen molar-refractivity contribution in [3.05, 3.63) is 40.9 Å². The van der Waals surface area contributed by atoms with E-state index in [1.165, 1.54) is 0 Å². The van der Waals surface area contributed by atoms with Crippen molar-refractivity contribution in [1.82, 2.24) is 14.3 Å². The largest absolute Gasteiger partial charge is 0.396 e. The van der Waals surface area contributed by atoms with E-state index in [0.717, 1.165) is 19.3 Å². The molecule has 1 saturated heterocycles. The maximum atomic E-state index is 15.5. The molecule has 1 saturated carbocycles. The quantitative estimate of drug-likeness (QED) is 0.378. The molecule has 4 N–H and O–H groups in total. The van der Waals surface area contributed by atoms with Gasteiger partial charge in [-0.1, -0.05) is 11.6 Å². The van der Waals surface area contributed by atoms with Crippen molar-refractivity contribution >= 4 is 46.6 Å². The van der Waals surface area contributed by atoms with E-state index in [9.17, 15) is 9.18 Å². The predicted molar refractivity (Wildman–Crippen MR) is 129 cm³/mol. The van der Waals surface area contributed by atoms with Crippen LogP contribution in [0.5, 0.6) is 0 Å². The Bertz CT molecular complexity index is 1300. The number of fused-ring (bicyclic) bond motifs is 1. The Morgan fingerprint density at radius 1 is 1.29 bits per heavy atom. The SMILES string of the molecule is CN1CCN(c2c(N)c(C=N)c(-c3ccc4nc(NC(=O)[C@@H]5C[C@@H]5F)cn4c3)c(Cl)c2F)CC1. The number of anilines is 3. The molecular formula is C23H24ClF2N7O. The average molecular weight is 488 g/mol. The van der Waals surface area contributed by atoms with E-state index in [-0.39, 0.29) is 28.6 Å². The fourth-order valence-electron chi connectivity index (χ4n) is 4.34. The number of pyridine rings is 1. The summed E-state index contributed by atoms with van der Waals surface area (Å²) in [6, 6.07) is 3.39. The topological polar surface area (TPSA) is 103 Å². The third-order valence-corrected chi connectivity index (χ3v) is 6.79. The number of nitrogen functional groups attached to an aromatic ring is 1. The van der Waals surface area contributed by atoms with Crippen LogP contribution < -0.4 is 16.0 Å². The van der Waals surface area contributed by atoms with Gasteiger partial charge in [-0.2, -0.15) is 0 Å². The zero-order valence-electron chi connectivity index (χ0n) is 18.5. The van der Waals surface area contributed by atoms with Crippen molar-refractivity contribution in [1.29, 1.82) is 5.41 Å². The van der Waals surface area contributed by atoms with Crippen LogP contribution in [0.15, 0.2) is 24.5 Å². The van der Waals surface area contributed by atoms with Gasteiger partial charge in [0.2, 0.25) is 5.91 Å². The molecule has 3 heterocycles. The Labute approximate surface area is 199 Å². The highest BCUT2D eigenvalue weighted by molar-refractivity contribution is 6.35. The lowest BCUT2D eigenvalue weighted by Crippen LogP contribution is -2.45. The average Bonchev–Trinajstić information content (AvgIpc) is 3.42. The molecule has 5 rings (SSSR count). The molecule has 1 aromatic carbocycles. The minimum absolute atomic E-state index is 0.114. The van der Waals surface area contributed by atoms with Crippen LogP contribution in [0.25, 0.3) is 16.8 Å². The second-order valence-corrected chi connectivity index (χ2v) is 9.15. The number of aromatic nitrogens is 2. The second kappa shape index (κ2) is 8.52. The number of nitrogens with zero attached hydrogens (tertiary/aromatic N) is 4. The van der Waals surface area contributed by atoms with Gasteiger partial charge in [0.15, 0.2) is 11.6 Å². The van der Waals surface area contributed by atoms with Crippen molar-refractivity contribution in [2.24, 2.45) is 5.92 Å². The van der Waals surface area contributed by atoms with Gasteiger partial charge >= 0.3 is 0 Å². The summed E-state index contributed by atoms with van der Waals surface area (Å²) >= 11 is 6.53. The van der Waals surface area contributed by atoms with Crippen molar-refractivity contribution in [3.63, 3.8) is 0 Å². The minimum Gasteiger partial charge on any atom is -0.396 e. The summed E-state index contributed by atoms with van der Waals surface area (Å²) in [6.07, 6.45) is 3.48. The van der Waals surface area contributed by atoms with Gasteiger partial charge in [-0.3, -0.25) is 4.79 Å². The molecule has 1 aliphatic carbocycles. The van der Waals surface area contributed by atoms with E-state index in [2.05, 4.69) is 15.2 Å².